The Morgan fingerprint density at radius 2 is 2.25 bits per heavy atom. The van der Waals surface area contributed by atoms with Crippen LogP contribution in [0.3, 0.4) is 0 Å². The largest absolute Gasteiger partial charge is 0.362 e. The van der Waals surface area contributed by atoms with E-state index in [9.17, 15) is 8.78 Å². The molecule has 0 aliphatic rings. The molecule has 7 heteroatoms. The summed E-state index contributed by atoms with van der Waals surface area (Å²) in [6.07, 6.45) is 4.70. The van der Waals surface area contributed by atoms with Crippen molar-refractivity contribution in [3.63, 3.8) is 0 Å². The average Bonchev–Trinajstić information content (AvgIpc) is 2.75. The molecule has 2 rings (SSSR count). The van der Waals surface area contributed by atoms with Gasteiger partial charge in [0.25, 0.3) is 5.92 Å². The third-order valence-electron chi connectivity index (χ3n) is 2.14. The first-order valence-electron chi connectivity index (χ1n) is 4.72. The molecular formula is C9H11F2N5. The van der Waals surface area contributed by atoms with E-state index in [1.165, 1.54) is 6.20 Å². The van der Waals surface area contributed by atoms with Crippen molar-refractivity contribution in [2.45, 2.75) is 5.92 Å². The van der Waals surface area contributed by atoms with E-state index < -0.39 is 19.0 Å². The first-order chi connectivity index (χ1) is 7.62. The Hall–Kier alpha value is -1.76. The number of fused-ring (bicyclic) bond motifs is 1. The molecule has 0 fully saturated rings. The highest BCUT2D eigenvalue weighted by atomic mass is 19.3. The zero-order valence-corrected chi connectivity index (χ0v) is 8.40. The molecule has 0 amide bonds. The van der Waals surface area contributed by atoms with Crippen LogP contribution in [0, 0.1) is 0 Å². The highest BCUT2D eigenvalue weighted by Gasteiger charge is 2.26. The van der Waals surface area contributed by atoms with Crippen LogP contribution in [0.1, 0.15) is 0 Å². The second kappa shape index (κ2) is 4.01. The van der Waals surface area contributed by atoms with Crippen LogP contribution in [0.4, 0.5) is 14.6 Å². The predicted octanol–water partition coefficient (Wildman–Crippen LogP) is 0.735. The Balaban J connectivity index is 2.18. The van der Waals surface area contributed by atoms with Crippen molar-refractivity contribution in [1.29, 1.82) is 0 Å². The normalized spacial score (nSPS) is 11.9. The van der Waals surface area contributed by atoms with Gasteiger partial charge in [-0.15, -0.1) is 0 Å². The lowest BCUT2D eigenvalue weighted by Gasteiger charge is -2.15. The third kappa shape index (κ3) is 2.08. The summed E-state index contributed by atoms with van der Waals surface area (Å²) in [5.41, 5.74) is 5.58. The van der Waals surface area contributed by atoms with E-state index in [0.717, 1.165) is 0 Å². The van der Waals surface area contributed by atoms with Crippen LogP contribution in [0.2, 0.25) is 0 Å². The van der Waals surface area contributed by atoms with Crippen LogP contribution in [0.15, 0.2) is 24.7 Å². The minimum atomic E-state index is -2.94. The summed E-state index contributed by atoms with van der Waals surface area (Å²) >= 11 is 0. The van der Waals surface area contributed by atoms with Crippen LogP contribution in [-0.4, -0.2) is 33.6 Å². The fourth-order valence-electron chi connectivity index (χ4n) is 1.28. The van der Waals surface area contributed by atoms with Gasteiger partial charge in [-0.1, -0.05) is 0 Å². The van der Waals surface area contributed by atoms with Gasteiger partial charge in [-0.2, -0.15) is 5.10 Å². The van der Waals surface area contributed by atoms with Crippen molar-refractivity contribution in [1.82, 2.24) is 14.6 Å². The number of nitrogens with zero attached hydrogens (tertiary/aromatic N) is 3. The predicted molar refractivity (Wildman–Crippen MR) is 55.5 cm³/mol. The van der Waals surface area contributed by atoms with Gasteiger partial charge in [0.1, 0.15) is 5.52 Å². The lowest BCUT2D eigenvalue weighted by Crippen LogP contribution is -2.35. The molecule has 5 nitrogen and oxygen atoms in total. The van der Waals surface area contributed by atoms with Crippen molar-refractivity contribution in [2.75, 3.05) is 18.4 Å². The number of aromatic nitrogens is 3. The molecule has 0 aliphatic carbocycles. The molecule has 2 aromatic heterocycles. The van der Waals surface area contributed by atoms with Gasteiger partial charge >= 0.3 is 0 Å². The fourth-order valence-corrected chi connectivity index (χ4v) is 1.28. The van der Waals surface area contributed by atoms with Gasteiger partial charge in [-0.05, 0) is 6.07 Å². The number of hydrogen-bond acceptors (Lipinski definition) is 4. The van der Waals surface area contributed by atoms with Crippen LogP contribution in [0.5, 0.6) is 0 Å². The molecule has 0 atom stereocenters. The van der Waals surface area contributed by atoms with Gasteiger partial charge < -0.3 is 11.1 Å². The van der Waals surface area contributed by atoms with Gasteiger partial charge in [0, 0.05) is 12.4 Å². The second-order valence-corrected chi connectivity index (χ2v) is 3.35. The number of alkyl halides is 2. The Bertz CT molecular complexity index is 481. The van der Waals surface area contributed by atoms with Gasteiger partial charge in [0.15, 0.2) is 5.82 Å². The fraction of sp³-hybridized carbons (Fsp3) is 0.333. The highest BCUT2D eigenvalue weighted by Crippen LogP contribution is 2.16. The van der Waals surface area contributed by atoms with Crippen molar-refractivity contribution in [3.8, 4) is 0 Å². The molecule has 16 heavy (non-hydrogen) atoms. The smallest absolute Gasteiger partial charge is 0.276 e. The van der Waals surface area contributed by atoms with E-state index in [0.29, 0.717) is 11.3 Å². The molecule has 0 saturated heterocycles. The summed E-state index contributed by atoms with van der Waals surface area (Å²) in [7, 11) is 0. The van der Waals surface area contributed by atoms with Gasteiger partial charge in [-0.3, -0.25) is 0 Å². The standard InChI is InChI=1S/C9H11F2N5/c10-9(11,5-12)6-14-8-7-1-2-15-16(7)4-3-13-8/h1-4H,5-6,12H2,(H,13,14). The second-order valence-electron chi connectivity index (χ2n) is 3.35. The summed E-state index contributed by atoms with van der Waals surface area (Å²) in [4.78, 5) is 3.97. The van der Waals surface area contributed by atoms with Crippen LogP contribution in [-0.2, 0) is 0 Å². The van der Waals surface area contributed by atoms with Crippen LogP contribution in [0.25, 0.3) is 5.52 Å². The third-order valence-corrected chi connectivity index (χ3v) is 2.14. The van der Waals surface area contributed by atoms with Gasteiger partial charge in [0.05, 0.1) is 19.3 Å². The van der Waals surface area contributed by atoms with Crippen LogP contribution < -0.4 is 11.1 Å². The van der Waals surface area contributed by atoms with E-state index in [1.54, 1.807) is 23.0 Å². The lowest BCUT2D eigenvalue weighted by atomic mass is 10.3. The molecule has 0 aromatic carbocycles. The van der Waals surface area contributed by atoms with Crippen molar-refractivity contribution >= 4 is 11.3 Å². The van der Waals surface area contributed by atoms with Crippen molar-refractivity contribution in [2.24, 2.45) is 5.73 Å². The minimum Gasteiger partial charge on any atom is -0.362 e. The molecule has 0 radical (unpaired) electrons. The Morgan fingerprint density at radius 3 is 3.00 bits per heavy atom. The van der Waals surface area contributed by atoms with E-state index in [-0.39, 0.29) is 0 Å². The van der Waals surface area contributed by atoms with Gasteiger partial charge in [0.2, 0.25) is 0 Å². The first kappa shape index (κ1) is 10.7. The zero-order valence-electron chi connectivity index (χ0n) is 8.40. The van der Waals surface area contributed by atoms with E-state index in [4.69, 9.17) is 5.73 Å². The number of hydrogen-bond donors (Lipinski definition) is 2. The van der Waals surface area contributed by atoms with Gasteiger partial charge in [-0.25, -0.2) is 18.3 Å². The minimum absolute atomic E-state index is 0.369. The molecular weight excluding hydrogens is 216 g/mol. The monoisotopic (exact) mass is 227 g/mol. The van der Waals surface area contributed by atoms with Crippen molar-refractivity contribution < 1.29 is 8.78 Å². The molecule has 2 heterocycles. The molecule has 0 unspecified atom stereocenters. The summed E-state index contributed by atoms with van der Waals surface area (Å²) in [5, 5.41) is 6.53. The van der Waals surface area contributed by atoms with Crippen LogP contribution >= 0.6 is 0 Å². The SMILES string of the molecule is NCC(F)(F)CNc1nccn2nccc12. The topological polar surface area (TPSA) is 68.2 Å². The maximum Gasteiger partial charge on any atom is 0.276 e. The quantitative estimate of drug-likeness (QED) is 0.808. The number of rotatable bonds is 4. The van der Waals surface area contributed by atoms with E-state index in [2.05, 4.69) is 15.4 Å². The number of nitrogens with two attached hydrogens (primary N) is 1. The molecule has 0 aliphatic heterocycles. The highest BCUT2D eigenvalue weighted by molar-refractivity contribution is 5.66. The summed E-state index contributed by atoms with van der Waals surface area (Å²) in [6.45, 7) is -1.23. The van der Waals surface area contributed by atoms with E-state index >= 15 is 0 Å². The molecule has 0 bridgehead atoms. The average molecular weight is 227 g/mol. The number of halogens is 2. The first-order valence-corrected chi connectivity index (χ1v) is 4.72. The summed E-state index contributed by atoms with van der Waals surface area (Å²) < 4.78 is 27.4. The Kier molecular flexibility index (Phi) is 2.69. The van der Waals surface area contributed by atoms with Crippen molar-refractivity contribution in [3.05, 3.63) is 24.7 Å². The number of nitrogens with one attached hydrogen (secondary N) is 1. The Morgan fingerprint density at radius 1 is 1.44 bits per heavy atom. The maximum absolute atomic E-state index is 12.9. The molecule has 0 saturated carbocycles. The number of anilines is 1. The summed E-state index contributed by atoms with van der Waals surface area (Å²) in [6, 6.07) is 1.69. The van der Waals surface area contributed by atoms with E-state index in [1.807, 2.05) is 0 Å². The molecule has 0 spiro atoms. The molecule has 2 aromatic rings. The maximum atomic E-state index is 12.9. The lowest BCUT2D eigenvalue weighted by molar-refractivity contribution is 0.0253. The molecule has 3 N–H and O–H groups in total. The summed E-state index contributed by atoms with van der Waals surface area (Å²) in [5.74, 6) is -2.57. The molecule has 86 valence electrons. The zero-order chi connectivity index (χ0) is 11.6. The Labute approximate surface area is 90.3 Å².